The number of hydrogen-bond donors (Lipinski definition) is 0. The Morgan fingerprint density at radius 3 is 2.46 bits per heavy atom. The minimum Gasteiger partial charge on any atom is -0.493 e. The lowest BCUT2D eigenvalue weighted by molar-refractivity contribution is -0.384. The van der Waals surface area contributed by atoms with Gasteiger partial charge in [-0.2, -0.15) is 0 Å². The highest BCUT2D eigenvalue weighted by Gasteiger charge is 2.35. The Balaban J connectivity index is 1.24. The maximum atomic E-state index is 13.0. The van der Waals surface area contributed by atoms with Crippen LogP contribution in [0.4, 0.5) is 10.5 Å². The molecule has 1 aliphatic heterocycles. The second-order valence-corrected chi connectivity index (χ2v) is 9.76. The first-order valence-corrected chi connectivity index (χ1v) is 13.2. The van der Waals surface area contributed by atoms with Crippen LogP contribution in [0.25, 0.3) is 16.8 Å². The molecular formula is C30H22N2O8S. The summed E-state index contributed by atoms with van der Waals surface area (Å²) < 4.78 is 16.7. The number of rotatable bonds is 9. The van der Waals surface area contributed by atoms with Crippen LogP contribution >= 0.6 is 11.8 Å². The van der Waals surface area contributed by atoms with Gasteiger partial charge in [0.05, 0.1) is 29.0 Å². The van der Waals surface area contributed by atoms with E-state index in [-0.39, 0.29) is 40.8 Å². The number of esters is 1. The fourth-order valence-corrected chi connectivity index (χ4v) is 5.01. The third kappa shape index (κ3) is 6.04. The summed E-state index contributed by atoms with van der Waals surface area (Å²) in [4.78, 5) is 49.7. The quantitative estimate of drug-likeness (QED) is 0.0772. The average molecular weight is 571 g/mol. The summed E-state index contributed by atoms with van der Waals surface area (Å²) in [6.45, 7) is 0.230. The molecule has 11 heteroatoms. The molecule has 41 heavy (non-hydrogen) atoms. The minimum absolute atomic E-state index is 0.0894. The van der Waals surface area contributed by atoms with E-state index in [4.69, 9.17) is 14.2 Å². The highest BCUT2D eigenvalue weighted by Crippen LogP contribution is 2.35. The van der Waals surface area contributed by atoms with Crippen LogP contribution in [0.15, 0.2) is 89.8 Å². The van der Waals surface area contributed by atoms with Crippen LogP contribution in [-0.4, -0.2) is 47.2 Å². The number of carbonyl (C=O) groups is 3. The highest BCUT2D eigenvalue weighted by atomic mass is 32.2. The summed E-state index contributed by atoms with van der Waals surface area (Å²) in [7, 11) is 1.39. The van der Waals surface area contributed by atoms with Crippen molar-refractivity contribution in [2.24, 2.45) is 0 Å². The van der Waals surface area contributed by atoms with E-state index in [2.05, 4.69) is 0 Å². The SMILES string of the molecule is COc1cc(/C=C2\SC(=O)N(CCOc3cccc4ccccc34)C2=O)ccc1OC(=O)c1ccc([N+](=O)[O-])cc1. The normalized spacial score (nSPS) is 14.0. The van der Waals surface area contributed by atoms with Crippen LogP contribution in [-0.2, 0) is 4.79 Å². The van der Waals surface area contributed by atoms with Gasteiger partial charge in [-0.15, -0.1) is 0 Å². The summed E-state index contributed by atoms with van der Waals surface area (Å²) in [5, 5.41) is 12.4. The predicted molar refractivity (Wildman–Crippen MR) is 153 cm³/mol. The van der Waals surface area contributed by atoms with E-state index >= 15 is 0 Å². The maximum Gasteiger partial charge on any atom is 0.343 e. The topological polar surface area (TPSA) is 125 Å². The first-order chi connectivity index (χ1) is 19.8. The Morgan fingerprint density at radius 1 is 0.951 bits per heavy atom. The van der Waals surface area contributed by atoms with Crippen molar-refractivity contribution in [1.82, 2.24) is 4.90 Å². The zero-order chi connectivity index (χ0) is 28.9. The molecule has 0 atom stereocenters. The van der Waals surface area contributed by atoms with E-state index in [0.717, 1.165) is 27.4 Å². The molecule has 10 nitrogen and oxygen atoms in total. The number of benzene rings is 4. The Kier molecular flexibility index (Phi) is 7.97. The number of imide groups is 1. The smallest absolute Gasteiger partial charge is 0.343 e. The highest BCUT2D eigenvalue weighted by molar-refractivity contribution is 8.18. The average Bonchev–Trinajstić information content (AvgIpc) is 3.25. The third-order valence-electron chi connectivity index (χ3n) is 6.20. The second-order valence-electron chi connectivity index (χ2n) is 8.76. The van der Waals surface area contributed by atoms with Crippen molar-refractivity contribution in [3.63, 3.8) is 0 Å². The molecule has 1 fully saturated rings. The van der Waals surface area contributed by atoms with Crippen LogP contribution in [0, 0.1) is 10.1 Å². The van der Waals surface area contributed by atoms with Crippen molar-refractivity contribution in [1.29, 1.82) is 0 Å². The number of nitrogens with zero attached hydrogens (tertiary/aromatic N) is 2. The molecule has 0 spiro atoms. The van der Waals surface area contributed by atoms with Crippen molar-refractivity contribution in [2.45, 2.75) is 0 Å². The molecule has 2 amide bonds. The van der Waals surface area contributed by atoms with E-state index in [1.54, 1.807) is 18.2 Å². The molecule has 0 unspecified atom stereocenters. The number of methoxy groups -OCH3 is 1. The Hall–Kier alpha value is -5.16. The standard InChI is InChI=1S/C30H22N2O8S/c1-38-26-17-19(9-14-25(26)40-29(34)21-10-12-22(13-11-21)32(36)37)18-27-28(33)31(30(35)41-27)15-16-39-24-8-4-6-20-5-2-3-7-23(20)24/h2-14,17-18H,15-16H2,1H3/b27-18-. The molecule has 4 aromatic carbocycles. The molecule has 0 N–H and O–H groups in total. The van der Waals surface area contributed by atoms with Crippen molar-refractivity contribution in [3.8, 4) is 17.2 Å². The summed E-state index contributed by atoms with van der Waals surface area (Å²) in [5.74, 6) is -0.151. The number of thioether (sulfide) groups is 1. The fourth-order valence-electron chi connectivity index (χ4n) is 4.15. The van der Waals surface area contributed by atoms with Crippen LogP contribution in [0.2, 0.25) is 0 Å². The molecule has 1 heterocycles. The number of nitro groups is 1. The van der Waals surface area contributed by atoms with Gasteiger partial charge < -0.3 is 14.2 Å². The molecule has 0 aliphatic carbocycles. The van der Waals surface area contributed by atoms with Gasteiger partial charge in [0.25, 0.3) is 16.8 Å². The zero-order valence-corrected chi connectivity index (χ0v) is 22.5. The summed E-state index contributed by atoms with van der Waals surface area (Å²) in [6.07, 6.45) is 1.56. The zero-order valence-electron chi connectivity index (χ0n) is 21.6. The van der Waals surface area contributed by atoms with Crippen molar-refractivity contribution < 1.29 is 33.5 Å². The van der Waals surface area contributed by atoms with Gasteiger partial charge >= 0.3 is 5.97 Å². The molecule has 1 aliphatic rings. The van der Waals surface area contributed by atoms with Gasteiger partial charge in [0.1, 0.15) is 12.4 Å². The molecule has 1 saturated heterocycles. The number of fused-ring (bicyclic) bond motifs is 1. The lowest BCUT2D eigenvalue weighted by Crippen LogP contribution is -2.32. The van der Waals surface area contributed by atoms with Crippen LogP contribution in [0.5, 0.6) is 17.2 Å². The molecule has 0 aromatic heterocycles. The van der Waals surface area contributed by atoms with Gasteiger partial charge in [0.15, 0.2) is 11.5 Å². The lowest BCUT2D eigenvalue weighted by atomic mass is 10.1. The number of carbonyl (C=O) groups excluding carboxylic acids is 3. The van der Waals surface area contributed by atoms with E-state index in [0.29, 0.717) is 11.3 Å². The minimum atomic E-state index is -0.724. The number of amides is 2. The van der Waals surface area contributed by atoms with E-state index < -0.39 is 22.0 Å². The maximum absolute atomic E-state index is 13.0. The van der Waals surface area contributed by atoms with Gasteiger partial charge in [-0.3, -0.25) is 24.6 Å². The van der Waals surface area contributed by atoms with Gasteiger partial charge in [-0.1, -0.05) is 42.5 Å². The van der Waals surface area contributed by atoms with Gasteiger partial charge in [-0.05, 0) is 59.1 Å². The van der Waals surface area contributed by atoms with Gasteiger partial charge in [-0.25, -0.2) is 4.79 Å². The first kappa shape index (κ1) is 27.4. The molecule has 0 bridgehead atoms. The molecule has 4 aromatic rings. The van der Waals surface area contributed by atoms with Crippen LogP contribution in [0.3, 0.4) is 0 Å². The van der Waals surface area contributed by atoms with Gasteiger partial charge in [0.2, 0.25) is 0 Å². The Bertz CT molecular complexity index is 1700. The number of nitro benzene ring substituents is 1. The largest absolute Gasteiger partial charge is 0.493 e. The molecule has 5 rings (SSSR count). The van der Waals surface area contributed by atoms with Crippen molar-refractivity contribution in [3.05, 3.63) is 111 Å². The predicted octanol–water partition coefficient (Wildman–Crippen LogP) is 6.09. The first-order valence-electron chi connectivity index (χ1n) is 12.3. The summed E-state index contributed by atoms with van der Waals surface area (Å²) in [5.41, 5.74) is 0.527. The molecular weight excluding hydrogens is 548 g/mol. The van der Waals surface area contributed by atoms with Crippen LogP contribution < -0.4 is 14.2 Å². The number of non-ortho nitro benzene ring substituents is 1. The third-order valence-corrected chi connectivity index (χ3v) is 7.10. The number of ether oxygens (including phenoxy) is 3. The lowest BCUT2D eigenvalue weighted by Gasteiger charge is -2.14. The van der Waals surface area contributed by atoms with Crippen LogP contribution in [0.1, 0.15) is 15.9 Å². The van der Waals surface area contributed by atoms with E-state index in [9.17, 15) is 24.5 Å². The summed E-state index contributed by atoms with van der Waals surface area (Å²) in [6, 6.07) is 23.2. The van der Waals surface area contributed by atoms with E-state index in [1.807, 2.05) is 42.5 Å². The van der Waals surface area contributed by atoms with E-state index in [1.165, 1.54) is 37.4 Å². The summed E-state index contributed by atoms with van der Waals surface area (Å²) >= 11 is 0.823. The van der Waals surface area contributed by atoms with Crippen molar-refractivity contribution in [2.75, 3.05) is 20.3 Å². The Morgan fingerprint density at radius 2 is 1.71 bits per heavy atom. The molecule has 206 valence electrons. The molecule has 0 saturated carbocycles. The second kappa shape index (κ2) is 11.9. The fraction of sp³-hybridized carbons (Fsp3) is 0.100. The Labute approximate surface area is 238 Å². The van der Waals surface area contributed by atoms with Gasteiger partial charge in [0, 0.05) is 17.5 Å². The molecule has 0 radical (unpaired) electrons. The van der Waals surface area contributed by atoms with Crippen molar-refractivity contribution >= 4 is 51.4 Å². The number of hydrogen-bond acceptors (Lipinski definition) is 9. The monoisotopic (exact) mass is 570 g/mol.